The van der Waals surface area contributed by atoms with Gasteiger partial charge in [-0.2, -0.15) is 0 Å². The van der Waals surface area contributed by atoms with Gasteiger partial charge in [0.15, 0.2) is 6.61 Å². The molecule has 1 N–H and O–H groups in total. The lowest BCUT2D eigenvalue weighted by Crippen LogP contribution is -2.42. The second-order valence-electron chi connectivity index (χ2n) is 5.70. The molecule has 0 radical (unpaired) electrons. The van der Waals surface area contributed by atoms with Gasteiger partial charge in [-0.25, -0.2) is 4.79 Å². The second kappa shape index (κ2) is 8.82. The van der Waals surface area contributed by atoms with Crippen molar-refractivity contribution in [1.82, 2.24) is 10.2 Å². The van der Waals surface area contributed by atoms with E-state index in [9.17, 15) is 14.4 Å². The van der Waals surface area contributed by atoms with Crippen molar-refractivity contribution >= 4 is 29.1 Å². The van der Waals surface area contributed by atoms with Gasteiger partial charge < -0.3 is 15.0 Å². The number of hydrogen-bond acceptors (Lipinski definition) is 5. The summed E-state index contributed by atoms with van der Waals surface area (Å²) < 4.78 is 5.18. The maximum atomic E-state index is 12.3. The van der Waals surface area contributed by atoms with E-state index in [-0.39, 0.29) is 25.0 Å². The van der Waals surface area contributed by atoms with Crippen molar-refractivity contribution in [3.8, 4) is 0 Å². The molecule has 1 aliphatic carbocycles. The van der Waals surface area contributed by atoms with Crippen molar-refractivity contribution < 1.29 is 19.1 Å². The molecule has 2 rings (SSSR count). The molecule has 1 heterocycles. The Morgan fingerprint density at radius 2 is 2.00 bits per heavy atom. The first-order chi connectivity index (χ1) is 11.6. The molecule has 0 fully saturated rings. The number of carbonyl (C=O) groups is 3. The third-order valence-electron chi connectivity index (χ3n) is 4.05. The zero-order valence-electron chi connectivity index (χ0n) is 14.2. The molecule has 0 bridgehead atoms. The van der Waals surface area contributed by atoms with Gasteiger partial charge in [-0.3, -0.25) is 9.59 Å². The number of thiophene rings is 1. The fourth-order valence-corrected chi connectivity index (χ4v) is 3.88. The Balaban J connectivity index is 1.89. The molecular weight excluding hydrogens is 328 g/mol. The van der Waals surface area contributed by atoms with Gasteiger partial charge in [0.05, 0.1) is 12.1 Å². The number of fused-ring (bicyclic) bond motifs is 1. The van der Waals surface area contributed by atoms with Crippen LogP contribution in [-0.4, -0.2) is 48.9 Å². The van der Waals surface area contributed by atoms with Crippen LogP contribution in [0.15, 0.2) is 5.38 Å². The van der Waals surface area contributed by atoms with Gasteiger partial charge in [-0.15, -0.1) is 11.3 Å². The second-order valence-corrected chi connectivity index (χ2v) is 6.66. The molecule has 132 valence electrons. The highest BCUT2D eigenvalue weighted by Gasteiger charge is 2.23. The molecule has 2 amide bonds. The number of esters is 1. The van der Waals surface area contributed by atoms with Gasteiger partial charge in [0.2, 0.25) is 5.91 Å². The number of nitrogens with zero attached hydrogens (tertiary/aromatic N) is 1. The Morgan fingerprint density at radius 3 is 2.71 bits per heavy atom. The van der Waals surface area contributed by atoms with Crippen LogP contribution in [0.1, 0.15) is 47.5 Å². The van der Waals surface area contributed by atoms with Crippen LogP contribution in [0, 0.1) is 0 Å². The van der Waals surface area contributed by atoms with E-state index in [0.29, 0.717) is 18.7 Å². The van der Waals surface area contributed by atoms with Crippen LogP contribution in [0.2, 0.25) is 0 Å². The highest BCUT2D eigenvalue weighted by molar-refractivity contribution is 7.10. The summed E-state index contributed by atoms with van der Waals surface area (Å²) in [5.41, 5.74) is 1.67. The minimum absolute atomic E-state index is 0.0193. The van der Waals surface area contributed by atoms with Gasteiger partial charge in [-0.05, 0) is 45.1 Å². The Bertz CT molecular complexity index is 612. The molecule has 0 unspecified atom stereocenters. The predicted molar refractivity (Wildman–Crippen MR) is 92.2 cm³/mol. The topological polar surface area (TPSA) is 75.7 Å². The molecule has 0 aromatic carbocycles. The Kier molecular flexibility index (Phi) is 6.78. The molecule has 0 atom stereocenters. The van der Waals surface area contributed by atoms with Gasteiger partial charge in [-0.1, -0.05) is 0 Å². The lowest BCUT2D eigenvalue weighted by molar-refractivity contribution is -0.138. The van der Waals surface area contributed by atoms with Crippen LogP contribution in [0.3, 0.4) is 0 Å². The van der Waals surface area contributed by atoms with Crippen molar-refractivity contribution in [2.24, 2.45) is 0 Å². The van der Waals surface area contributed by atoms with E-state index >= 15 is 0 Å². The zero-order valence-corrected chi connectivity index (χ0v) is 15.0. The van der Waals surface area contributed by atoms with E-state index in [1.54, 1.807) is 18.3 Å². The van der Waals surface area contributed by atoms with E-state index in [4.69, 9.17) is 4.74 Å². The molecule has 6 nitrogen and oxygen atoms in total. The SMILES string of the molecule is CCNC(=O)CN(CC)C(=O)COC(=O)c1csc2c1CCCC2. The number of aryl methyl sites for hydroxylation is 1. The van der Waals surface area contributed by atoms with E-state index < -0.39 is 5.97 Å². The smallest absolute Gasteiger partial charge is 0.339 e. The summed E-state index contributed by atoms with van der Waals surface area (Å²) in [7, 11) is 0. The Labute approximate surface area is 146 Å². The summed E-state index contributed by atoms with van der Waals surface area (Å²) in [5.74, 6) is -1.02. The number of carbonyl (C=O) groups excluding carboxylic acids is 3. The lowest BCUT2D eigenvalue weighted by atomic mass is 9.96. The molecule has 0 spiro atoms. The van der Waals surface area contributed by atoms with Crippen LogP contribution in [0.4, 0.5) is 0 Å². The number of likely N-dealkylation sites (N-methyl/N-ethyl adjacent to an activating group) is 2. The summed E-state index contributed by atoms with van der Waals surface area (Å²) in [4.78, 5) is 38.6. The number of amides is 2. The molecular formula is C17H24N2O4S. The van der Waals surface area contributed by atoms with Crippen LogP contribution in [0.5, 0.6) is 0 Å². The maximum absolute atomic E-state index is 12.3. The van der Waals surface area contributed by atoms with Crippen molar-refractivity contribution in [3.05, 3.63) is 21.4 Å². The van der Waals surface area contributed by atoms with Crippen molar-refractivity contribution in [1.29, 1.82) is 0 Å². The third kappa shape index (κ3) is 4.56. The summed E-state index contributed by atoms with van der Waals surface area (Å²) in [6, 6.07) is 0. The summed E-state index contributed by atoms with van der Waals surface area (Å²) in [5, 5.41) is 4.48. The van der Waals surface area contributed by atoms with Crippen LogP contribution in [-0.2, 0) is 27.2 Å². The van der Waals surface area contributed by atoms with Gasteiger partial charge in [0.25, 0.3) is 5.91 Å². The molecule has 1 aliphatic rings. The maximum Gasteiger partial charge on any atom is 0.339 e. The monoisotopic (exact) mass is 352 g/mol. The minimum Gasteiger partial charge on any atom is -0.452 e. The summed E-state index contributed by atoms with van der Waals surface area (Å²) in [6.07, 6.45) is 4.16. The first-order valence-corrected chi connectivity index (χ1v) is 9.25. The number of hydrogen-bond donors (Lipinski definition) is 1. The molecule has 1 aromatic rings. The molecule has 1 aromatic heterocycles. The molecule has 24 heavy (non-hydrogen) atoms. The first-order valence-electron chi connectivity index (χ1n) is 8.37. The minimum atomic E-state index is -0.447. The van der Waals surface area contributed by atoms with Crippen molar-refractivity contribution in [3.63, 3.8) is 0 Å². The summed E-state index contributed by atoms with van der Waals surface area (Å²) >= 11 is 1.59. The quantitative estimate of drug-likeness (QED) is 0.759. The average molecular weight is 352 g/mol. The summed E-state index contributed by atoms with van der Waals surface area (Å²) in [6.45, 7) is 4.16. The van der Waals surface area contributed by atoms with E-state index in [1.807, 2.05) is 12.3 Å². The fourth-order valence-electron chi connectivity index (χ4n) is 2.76. The number of ether oxygens (including phenoxy) is 1. The number of nitrogens with one attached hydrogen (secondary N) is 1. The lowest BCUT2D eigenvalue weighted by Gasteiger charge is -2.20. The van der Waals surface area contributed by atoms with Gasteiger partial charge in [0, 0.05) is 23.3 Å². The largest absolute Gasteiger partial charge is 0.452 e. The van der Waals surface area contributed by atoms with E-state index in [2.05, 4.69) is 5.32 Å². The predicted octanol–water partition coefficient (Wildman–Crippen LogP) is 1.77. The standard InChI is InChI=1S/C17H24N2O4S/c1-3-18-15(20)9-19(4-2)16(21)10-23-17(22)13-11-24-14-8-6-5-7-12(13)14/h11H,3-10H2,1-2H3,(H,18,20). The van der Waals surface area contributed by atoms with Crippen LogP contribution >= 0.6 is 11.3 Å². The van der Waals surface area contributed by atoms with E-state index in [0.717, 1.165) is 31.2 Å². The number of rotatable bonds is 7. The first kappa shape index (κ1) is 18.4. The fraction of sp³-hybridized carbons (Fsp3) is 0.588. The van der Waals surface area contributed by atoms with Crippen LogP contribution in [0.25, 0.3) is 0 Å². The van der Waals surface area contributed by atoms with Gasteiger partial charge in [0.1, 0.15) is 0 Å². The average Bonchev–Trinajstić information content (AvgIpc) is 3.01. The normalized spacial score (nSPS) is 13.1. The van der Waals surface area contributed by atoms with Crippen molar-refractivity contribution in [2.75, 3.05) is 26.2 Å². The van der Waals surface area contributed by atoms with Crippen molar-refractivity contribution in [2.45, 2.75) is 39.5 Å². The Hall–Kier alpha value is -1.89. The van der Waals surface area contributed by atoms with E-state index in [1.165, 1.54) is 9.78 Å². The molecule has 0 aliphatic heterocycles. The molecule has 0 saturated carbocycles. The molecule has 0 saturated heterocycles. The third-order valence-corrected chi connectivity index (χ3v) is 5.14. The zero-order chi connectivity index (χ0) is 17.5. The highest BCUT2D eigenvalue weighted by Crippen LogP contribution is 2.30. The molecule has 7 heteroatoms. The highest BCUT2D eigenvalue weighted by atomic mass is 32.1. The van der Waals surface area contributed by atoms with Crippen LogP contribution < -0.4 is 5.32 Å². The Morgan fingerprint density at radius 1 is 1.25 bits per heavy atom. The van der Waals surface area contributed by atoms with Gasteiger partial charge >= 0.3 is 5.97 Å².